The normalized spacial score (nSPS) is 19.8. The lowest BCUT2D eigenvalue weighted by Crippen LogP contribution is -2.37. The summed E-state index contributed by atoms with van der Waals surface area (Å²) in [6.45, 7) is 0. The van der Waals surface area contributed by atoms with Gasteiger partial charge in [-0.25, -0.2) is 14.5 Å². The molecule has 1 aromatic rings. The molecule has 0 aromatic heterocycles. The third kappa shape index (κ3) is 1.50. The molecule has 0 bridgehead atoms. The molecule has 1 heterocycles. The highest BCUT2D eigenvalue weighted by molar-refractivity contribution is 6.27. The molecule has 0 radical (unpaired) electrons. The molecule has 16 heavy (non-hydrogen) atoms. The van der Waals surface area contributed by atoms with Crippen molar-refractivity contribution in [3.8, 4) is 0 Å². The molecular formula is C10H8N2O4. The van der Waals surface area contributed by atoms with Gasteiger partial charge >= 0.3 is 12.0 Å². The number of carboxylic acid groups (broad SMARTS) is 1. The third-order valence-electron chi connectivity index (χ3n) is 2.20. The van der Waals surface area contributed by atoms with Gasteiger partial charge in [-0.15, -0.1) is 0 Å². The van der Waals surface area contributed by atoms with Crippen LogP contribution in [0.3, 0.4) is 0 Å². The van der Waals surface area contributed by atoms with Crippen molar-refractivity contribution < 1.29 is 19.5 Å². The molecule has 1 unspecified atom stereocenters. The summed E-state index contributed by atoms with van der Waals surface area (Å²) in [5, 5.41) is 10.8. The summed E-state index contributed by atoms with van der Waals surface area (Å²) in [6, 6.07) is 5.95. The number of carboxylic acids is 1. The Bertz CT molecular complexity index is 457. The van der Waals surface area contributed by atoms with Gasteiger partial charge in [0.05, 0.1) is 5.69 Å². The number of para-hydroxylation sites is 1. The maximum absolute atomic E-state index is 11.6. The number of hydrogen-bond acceptors (Lipinski definition) is 3. The van der Waals surface area contributed by atoms with Crippen molar-refractivity contribution in [3.63, 3.8) is 0 Å². The second kappa shape index (κ2) is 3.65. The number of amides is 3. The summed E-state index contributed by atoms with van der Waals surface area (Å²) in [4.78, 5) is 34.5. The fourth-order valence-corrected chi connectivity index (χ4v) is 1.47. The minimum atomic E-state index is -1.49. The highest BCUT2D eigenvalue weighted by Crippen LogP contribution is 2.18. The molecule has 1 aliphatic heterocycles. The van der Waals surface area contributed by atoms with E-state index in [4.69, 9.17) is 5.11 Å². The second-order valence-electron chi connectivity index (χ2n) is 3.23. The number of anilines is 1. The predicted molar refractivity (Wildman–Crippen MR) is 53.9 cm³/mol. The maximum atomic E-state index is 11.6. The van der Waals surface area contributed by atoms with Gasteiger partial charge in [-0.3, -0.25) is 4.79 Å². The molecule has 1 saturated heterocycles. The third-order valence-corrected chi connectivity index (χ3v) is 2.20. The van der Waals surface area contributed by atoms with E-state index in [-0.39, 0.29) is 0 Å². The van der Waals surface area contributed by atoms with Gasteiger partial charge in [0.25, 0.3) is 5.91 Å². The average molecular weight is 220 g/mol. The van der Waals surface area contributed by atoms with E-state index in [1.807, 2.05) is 0 Å². The van der Waals surface area contributed by atoms with Crippen LogP contribution in [-0.2, 0) is 9.59 Å². The molecule has 0 saturated carbocycles. The van der Waals surface area contributed by atoms with Gasteiger partial charge in [0.1, 0.15) is 0 Å². The molecule has 6 heteroatoms. The first kappa shape index (κ1) is 10.2. The Morgan fingerprint density at radius 1 is 1.25 bits per heavy atom. The van der Waals surface area contributed by atoms with Crippen molar-refractivity contribution >= 4 is 23.6 Å². The van der Waals surface area contributed by atoms with Crippen LogP contribution in [-0.4, -0.2) is 29.1 Å². The second-order valence-corrected chi connectivity index (χ2v) is 3.23. The lowest BCUT2D eigenvalue weighted by molar-refractivity contribution is -0.141. The fourth-order valence-electron chi connectivity index (χ4n) is 1.47. The topological polar surface area (TPSA) is 86.7 Å². The molecule has 1 aliphatic rings. The zero-order chi connectivity index (χ0) is 11.7. The fraction of sp³-hybridized carbons (Fsp3) is 0.100. The van der Waals surface area contributed by atoms with Gasteiger partial charge in [0.2, 0.25) is 6.04 Å². The Labute approximate surface area is 90.5 Å². The lowest BCUT2D eigenvalue weighted by atomic mass is 10.2. The Hall–Kier alpha value is -2.37. The molecule has 82 valence electrons. The minimum absolute atomic E-state index is 0.355. The number of rotatable bonds is 2. The van der Waals surface area contributed by atoms with Crippen LogP contribution in [0.5, 0.6) is 0 Å². The Morgan fingerprint density at radius 2 is 1.88 bits per heavy atom. The highest BCUT2D eigenvalue weighted by Gasteiger charge is 2.43. The van der Waals surface area contributed by atoms with E-state index in [2.05, 4.69) is 5.32 Å². The zero-order valence-electron chi connectivity index (χ0n) is 8.08. The van der Waals surface area contributed by atoms with Crippen molar-refractivity contribution in [1.82, 2.24) is 5.32 Å². The molecule has 2 rings (SSSR count). The standard InChI is InChI=1S/C10H8N2O4/c13-8-7(9(14)15)11-10(16)12(8)6-4-2-1-3-5-6/h1-5,7H,(H,11,16)(H,14,15). The number of aliphatic carboxylic acids is 1. The summed E-state index contributed by atoms with van der Waals surface area (Å²) in [5.74, 6) is -2.14. The first-order valence-electron chi connectivity index (χ1n) is 4.53. The van der Waals surface area contributed by atoms with E-state index in [1.165, 1.54) is 0 Å². The van der Waals surface area contributed by atoms with Crippen LogP contribution < -0.4 is 10.2 Å². The smallest absolute Gasteiger partial charge is 0.336 e. The monoisotopic (exact) mass is 220 g/mol. The predicted octanol–water partition coefficient (Wildman–Crippen LogP) is 0.196. The van der Waals surface area contributed by atoms with Crippen LogP contribution in [0.2, 0.25) is 0 Å². The molecule has 1 aromatic carbocycles. The van der Waals surface area contributed by atoms with E-state index in [0.717, 1.165) is 4.90 Å². The van der Waals surface area contributed by atoms with E-state index in [9.17, 15) is 14.4 Å². The van der Waals surface area contributed by atoms with Crippen molar-refractivity contribution in [3.05, 3.63) is 30.3 Å². The van der Waals surface area contributed by atoms with Crippen LogP contribution in [0.15, 0.2) is 30.3 Å². The van der Waals surface area contributed by atoms with Gasteiger partial charge in [-0.2, -0.15) is 0 Å². The molecule has 2 N–H and O–H groups in total. The number of hydrogen-bond donors (Lipinski definition) is 2. The zero-order valence-corrected chi connectivity index (χ0v) is 8.08. The number of carbonyl (C=O) groups is 3. The summed E-state index contributed by atoms with van der Waals surface area (Å²) < 4.78 is 0. The molecule has 3 amide bonds. The molecule has 6 nitrogen and oxygen atoms in total. The van der Waals surface area contributed by atoms with Gasteiger partial charge in [-0.1, -0.05) is 18.2 Å². The summed E-state index contributed by atoms with van der Waals surface area (Å²) in [6.07, 6.45) is 0. The van der Waals surface area contributed by atoms with E-state index in [1.54, 1.807) is 30.3 Å². The minimum Gasteiger partial charge on any atom is -0.479 e. The first-order chi connectivity index (χ1) is 7.61. The molecule has 0 spiro atoms. The largest absolute Gasteiger partial charge is 0.479 e. The van der Waals surface area contributed by atoms with E-state index < -0.39 is 23.9 Å². The number of imide groups is 1. The maximum Gasteiger partial charge on any atom is 0.336 e. The summed E-state index contributed by atoms with van der Waals surface area (Å²) in [7, 11) is 0. The van der Waals surface area contributed by atoms with Crippen LogP contribution in [0.25, 0.3) is 0 Å². The SMILES string of the molecule is O=C(O)C1NC(=O)N(c2ccccc2)C1=O. The summed E-state index contributed by atoms with van der Waals surface area (Å²) >= 11 is 0. The van der Waals surface area contributed by atoms with Gasteiger partial charge < -0.3 is 10.4 Å². The first-order valence-corrected chi connectivity index (χ1v) is 4.53. The molecular weight excluding hydrogens is 212 g/mol. The van der Waals surface area contributed by atoms with Crippen molar-refractivity contribution in [1.29, 1.82) is 0 Å². The van der Waals surface area contributed by atoms with Crippen LogP contribution >= 0.6 is 0 Å². The number of nitrogens with one attached hydrogen (secondary N) is 1. The van der Waals surface area contributed by atoms with Gasteiger partial charge in [0, 0.05) is 0 Å². The molecule has 0 aliphatic carbocycles. The lowest BCUT2D eigenvalue weighted by Gasteiger charge is -2.11. The number of nitrogens with zero attached hydrogens (tertiary/aromatic N) is 1. The van der Waals surface area contributed by atoms with Crippen LogP contribution in [0.1, 0.15) is 0 Å². The molecule has 1 atom stereocenters. The Morgan fingerprint density at radius 3 is 2.38 bits per heavy atom. The number of carbonyl (C=O) groups excluding carboxylic acids is 2. The highest BCUT2D eigenvalue weighted by atomic mass is 16.4. The van der Waals surface area contributed by atoms with Crippen molar-refractivity contribution in [2.75, 3.05) is 4.90 Å². The van der Waals surface area contributed by atoms with Gasteiger partial charge in [0.15, 0.2) is 0 Å². The Balaban J connectivity index is 2.34. The van der Waals surface area contributed by atoms with Crippen molar-refractivity contribution in [2.45, 2.75) is 6.04 Å². The van der Waals surface area contributed by atoms with Crippen LogP contribution in [0.4, 0.5) is 10.5 Å². The van der Waals surface area contributed by atoms with Crippen molar-refractivity contribution in [2.24, 2.45) is 0 Å². The average Bonchev–Trinajstić information content (AvgIpc) is 2.56. The number of urea groups is 1. The number of benzene rings is 1. The van der Waals surface area contributed by atoms with E-state index >= 15 is 0 Å². The van der Waals surface area contributed by atoms with E-state index in [0.29, 0.717) is 5.69 Å². The van der Waals surface area contributed by atoms with Crippen LogP contribution in [0, 0.1) is 0 Å². The van der Waals surface area contributed by atoms with Gasteiger partial charge in [-0.05, 0) is 12.1 Å². The Kier molecular flexibility index (Phi) is 2.32. The summed E-state index contributed by atoms with van der Waals surface area (Å²) in [5.41, 5.74) is 0.355. The quantitative estimate of drug-likeness (QED) is 0.550. The molecule has 1 fully saturated rings.